The van der Waals surface area contributed by atoms with Crippen molar-refractivity contribution in [1.29, 1.82) is 0 Å². The van der Waals surface area contributed by atoms with Crippen molar-refractivity contribution in [2.75, 3.05) is 20.8 Å². The van der Waals surface area contributed by atoms with E-state index in [2.05, 4.69) is 0 Å². The van der Waals surface area contributed by atoms with Crippen LogP contribution in [0.3, 0.4) is 0 Å². The van der Waals surface area contributed by atoms with Crippen molar-refractivity contribution in [3.05, 3.63) is 23.8 Å². The lowest BCUT2D eigenvalue weighted by Gasteiger charge is -2.24. The minimum Gasteiger partial charge on any atom is -0.493 e. The molecule has 0 heterocycles. The van der Waals surface area contributed by atoms with Gasteiger partial charge in [0.1, 0.15) is 0 Å². The molecule has 0 fully saturated rings. The number of amides is 1. The van der Waals surface area contributed by atoms with Crippen molar-refractivity contribution in [3.63, 3.8) is 0 Å². The number of methoxy groups -OCH3 is 2. The first-order valence-corrected chi connectivity index (χ1v) is 7.07. The number of hydrogen-bond donors (Lipinski definition) is 0. The number of carbonyl (C=O) groups is 1. The van der Waals surface area contributed by atoms with Gasteiger partial charge in [-0.15, -0.1) is 0 Å². The van der Waals surface area contributed by atoms with E-state index >= 15 is 0 Å². The highest BCUT2D eigenvalue weighted by atomic mass is 16.5. The van der Waals surface area contributed by atoms with Gasteiger partial charge in [-0.05, 0) is 31.0 Å². The third-order valence-corrected chi connectivity index (χ3v) is 3.55. The maximum atomic E-state index is 12.3. The van der Waals surface area contributed by atoms with Crippen LogP contribution in [0.2, 0.25) is 0 Å². The van der Waals surface area contributed by atoms with E-state index in [0.717, 1.165) is 12.0 Å². The van der Waals surface area contributed by atoms with Gasteiger partial charge < -0.3 is 14.4 Å². The Kier molecular flexibility index (Phi) is 6.36. The highest BCUT2D eigenvalue weighted by molar-refractivity contribution is 5.78. The number of ether oxygens (including phenoxy) is 2. The third kappa shape index (κ3) is 3.89. The molecule has 0 aliphatic heterocycles. The summed E-state index contributed by atoms with van der Waals surface area (Å²) >= 11 is 0. The molecule has 1 atom stereocenters. The van der Waals surface area contributed by atoms with Gasteiger partial charge in [0.25, 0.3) is 0 Å². The van der Waals surface area contributed by atoms with Gasteiger partial charge in [-0.25, -0.2) is 0 Å². The van der Waals surface area contributed by atoms with Gasteiger partial charge in [-0.1, -0.05) is 19.9 Å². The van der Waals surface area contributed by atoms with E-state index < -0.39 is 0 Å². The average molecular weight is 279 g/mol. The molecular formula is C16H25NO3. The molecule has 0 saturated carbocycles. The molecule has 4 nitrogen and oxygen atoms in total. The van der Waals surface area contributed by atoms with Gasteiger partial charge in [-0.2, -0.15) is 0 Å². The average Bonchev–Trinajstić information content (AvgIpc) is 2.50. The molecule has 0 spiro atoms. The van der Waals surface area contributed by atoms with Crippen molar-refractivity contribution in [2.45, 2.75) is 33.7 Å². The van der Waals surface area contributed by atoms with Crippen LogP contribution in [0.5, 0.6) is 11.5 Å². The first-order valence-electron chi connectivity index (χ1n) is 7.07. The fourth-order valence-electron chi connectivity index (χ4n) is 2.03. The summed E-state index contributed by atoms with van der Waals surface area (Å²) in [6, 6.07) is 5.76. The van der Waals surface area contributed by atoms with Gasteiger partial charge >= 0.3 is 0 Å². The van der Waals surface area contributed by atoms with Crippen molar-refractivity contribution >= 4 is 5.91 Å². The largest absolute Gasteiger partial charge is 0.493 e. The molecule has 112 valence electrons. The monoisotopic (exact) mass is 279 g/mol. The SMILES string of the molecule is CCC(C)C(=O)N(CC)Cc1ccc(OC)c(OC)c1. The Hall–Kier alpha value is -1.71. The molecule has 1 rings (SSSR count). The lowest BCUT2D eigenvalue weighted by atomic mass is 10.1. The molecule has 4 heteroatoms. The summed E-state index contributed by atoms with van der Waals surface area (Å²) in [5.74, 6) is 1.66. The van der Waals surface area contributed by atoms with Gasteiger partial charge in [0.15, 0.2) is 11.5 Å². The summed E-state index contributed by atoms with van der Waals surface area (Å²) < 4.78 is 10.5. The van der Waals surface area contributed by atoms with Crippen molar-refractivity contribution in [2.24, 2.45) is 5.92 Å². The molecule has 20 heavy (non-hydrogen) atoms. The number of hydrogen-bond acceptors (Lipinski definition) is 3. The summed E-state index contributed by atoms with van der Waals surface area (Å²) in [6.45, 7) is 7.31. The lowest BCUT2D eigenvalue weighted by Crippen LogP contribution is -2.34. The van der Waals surface area contributed by atoms with Crippen molar-refractivity contribution in [1.82, 2.24) is 4.90 Å². The molecule has 1 amide bonds. The fraction of sp³-hybridized carbons (Fsp3) is 0.562. The molecule has 0 aliphatic carbocycles. The number of rotatable bonds is 7. The summed E-state index contributed by atoms with van der Waals surface area (Å²) in [4.78, 5) is 14.1. The van der Waals surface area contributed by atoms with Crippen molar-refractivity contribution in [3.8, 4) is 11.5 Å². The van der Waals surface area contributed by atoms with E-state index in [1.165, 1.54) is 0 Å². The quantitative estimate of drug-likeness (QED) is 0.770. The summed E-state index contributed by atoms with van der Waals surface area (Å²) in [6.07, 6.45) is 0.862. The minimum absolute atomic E-state index is 0.0649. The molecule has 0 bridgehead atoms. The minimum atomic E-state index is 0.0649. The number of benzene rings is 1. The van der Waals surface area contributed by atoms with E-state index in [0.29, 0.717) is 24.6 Å². The van der Waals surface area contributed by atoms with E-state index in [9.17, 15) is 4.79 Å². The number of nitrogens with zero attached hydrogens (tertiary/aromatic N) is 1. The van der Waals surface area contributed by atoms with E-state index in [-0.39, 0.29) is 11.8 Å². The second-order valence-electron chi connectivity index (χ2n) is 4.85. The second-order valence-corrected chi connectivity index (χ2v) is 4.85. The molecule has 0 radical (unpaired) electrons. The predicted octanol–water partition coefficient (Wildman–Crippen LogP) is 3.10. The lowest BCUT2D eigenvalue weighted by molar-refractivity contribution is -0.135. The zero-order chi connectivity index (χ0) is 15.1. The highest BCUT2D eigenvalue weighted by Gasteiger charge is 2.18. The Morgan fingerprint density at radius 3 is 2.35 bits per heavy atom. The van der Waals surface area contributed by atoms with Crippen LogP contribution >= 0.6 is 0 Å². The Morgan fingerprint density at radius 2 is 1.85 bits per heavy atom. The molecule has 0 aliphatic rings. The van der Waals surface area contributed by atoms with Crippen LogP contribution in [0.25, 0.3) is 0 Å². The Balaban J connectivity index is 2.87. The van der Waals surface area contributed by atoms with Crippen LogP contribution in [-0.4, -0.2) is 31.6 Å². The normalized spacial score (nSPS) is 11.8. The van der Waals surface area contributed by atoms with Crippen molar-refractivity contribution < 1.29 is 14.3 Å². The first kappa shape index (κ1) is 16.3. The topological polar surface area (TPSA) is 38.8 Å². The van der Waals surface area contributed by atoms with Gasteiger partial charge in [0, 0.05) is 19.0 Å². The fourth-order valence-corrected chi connectivity index (χ4v) is 2.03. The maximum Gasteiger partial charge on any atom is 0.225 e. The second kappa shape index (κ2) is 7.78. The van der Waals surface area contributed by atoms with E-state index in [1.54, 1.807) is 14.2 Å². The molecule has 0 N–H and O–H groups in total. The Labute approximate surface area is 121 Å². The van der Waals surface area contributed by atoms with Crippen LogP contribution in [0, 0.1) is 5.92 Å². The standard InChI is InChI=1S/C16H25NO3/c1-6-12(3)16(18)17(7-2)11-13-8-9-14(19-4)15(10-13)20-5/h8-10,12H,6-7,11H2,1-5H3. The molecule has 1 aromatic rings. The predicted molar refractivity (Wildman–Crippen MR) is 80.1 cm³/mol. The zero-order valence-electron chi connectivity index (χ0n) is 13.1. The first-order chi connectivity index (χ1) is 9.57. The Bertz CT molecular complexity index is 445. The van der Waals surface area contributed by atoms with E-state index in [1.807, 2.05) is 43.9 Å². The third-order valence-electron chi connectivity index (χ3n) is 3.55. The number of carbonyl (C=O) groups excluding carboxylic acids is 1. The highest BCUT2D eigenvalue weighted by Crippen LogP contribution is 2.28. The maximum absolute atomic E-state index is 12.3. The summed E-state index contributed by atoms with van der Waals surface area (Å²) in [5, 5.41) is 0. The molecule has 1 unspecified atom stereocenters. The van der Waals surface area contributed by atoms with Gasteiger partial charge in [0.2, 0.25) is 5.91 Å². The molecule has 0 aromatic heterocycles. The molecule has 1 aromatic carbocycles. The van der Waals surface area contributed by atoms with Crippen LogP contribution in [0.15, 0.2) is 18.2 Å². The summed E-state index contributed by atoms with van der Waals surface area (Å²) in [5.41, 5.74) is 1.04. The van der Waals surface area contributed by atoms with Crippen LogP contribution in [-0.2, 0) is 11.3 Å². The smallest absolute Gasteiger partial charge is 0.225 e. The summed E-state index contributed by atoms with van der Waals surface area (Å²) in [7, 11) is 3.23. The van der Waals surface area contributed by atoms with Crippen LogP contribution < -0.4 is 9.47 Å². The van der Waals surface area contributed by atoms with Gasteiger partial charge in [0.05, 0.1) is 14.2 Å². The Morgan fingerprint density at radius 1 is 1.20 bits per heavy atom. The van der Waals surface area contributed by atoms with Crippen LogP contribution in [0.4, 0.5) is 0 Å². The molecular weight excluding hydrogens is 254 g/mol. The van der Waals surface area contributed by atoms with E-state index in [4.69, 9.17) is 9.47 Å². The molecule has 0 saturated heterocycles. The van der Waals surface area contributed by atoms with Gasteiger partial charge in [-0.3, -0.25) is 4.79 Å². The van der Waals surface area contributed by atoms with Crippen LogP contribution in [0.1, 0.15) is 32.8 Å². The zero-order valence-corrected chi connectivity index (χ0v) is 13.1.